The molecule has 104 valence electrons. The molecule has 0 unspecified atom stereocenters. The van der Waals surface area contributed by atoms with Gasteiger partial charge in [-0.1, -0.05) is 29.8 Å². The summed E-state index contributed by atoms with van der Waals surface area (Å²) in [5.74, 6) is -0.236. The molecule has 2 amide bonds. The van der Waals surface area contributed by atoms with E-state index in [1.165, 1.54) is 0 Å². The van der Waals surface area contributed by atoms with E-state index in [9.17, 15) is 9.59 Å². The Kier molecular flexibility index (Phi) is 6.51. The van der Waals surface area contributed by atoms with E-state index in [0.717, 1.165) is 8.95 Å². The SMILES string of the molecule is CC(C)C(=O)NCCNC(=O)c1cc(Br)ccc1Br. The van der Waals surface area contributed by atoms with E-state index in [1.807, 2.05) is 19.9 Å². The van der Waals surface area contributed by atoms with Crippen molar-refractivity contribution >= 4 is 43.7 Å². The first-order chi connectivity index (χ1) is 8.91. The summed E-state index contributed by atoms with van der Waals surface area (Å²) in [6.45, 7) is 4.48. The molecule has 0 radical (unpaired) electrons. The second kappa shape index (κ2) is 7.65. The molecule has 0 fully saturated rings. The molecular formula is C13H16Br2N2O2. The summed E-state index contributed by atoms with van der Waals surface area (Å²) in [5.41, 5.74) is 0.560. The first-order valence-corrected chi connectivity index (χ1v) is 7.51. The Hall–Kier alpha value is -0.880. The van der Waals surface area contributed by atoms with Gasteiger partial charge in [-0.05, 0) is 34.1 Å². The molecule has 1 aromatic rings. The van der Waals surface area contributed by atoms with Crippen molar-refractivity contribution in [2.75, 3.05) is 13.1 Å². The van der Waals surface area contributed by atoms with E-state index >= 15 is 0 Å². The molecule has 0 saturated carbocycles. The van der Waals surface area contributed by atoms with Gasteiger partial charge in [0.15, 0.2) is 0 Å². The van der Waals surface area contributed by atoms with Crippen LogP contribution in [0.15, 0.2) is 27.1 Å². The van der Waals surface area contributed by atoms with E-state index in [-0.39, 0.29) is 17.7 Å². The normalized spacial score (nSPS) is 10.4. The first-order valence-electron chi connectivity index (χ1n) is 5.92. The van der Waals surface area contributed by atoms with Crippen molar-refractivity contribution in [2.45, 2.75) is 13.8 Å². The average molecular weight is 392 g/mol. The zero-order chi connectivity index (χ0) is 14.4. The average Bonchev–Trinajstić information content (AvgIpc) is 2.36. The van der Waals surface area contributed by atoms with Crippen molar-refractivity contribution in [3.63, 3.8) is 0 Å². The molecule has 1 aromatic carbocycles. The largest absolute Gasteiger partial charge is 0.354 e. The summed E-state index contributed by atoms with van der Waals surface area (Å²) in [7, 11) is 0. The maximum Gasteiger partial charge on any atom is 0.252 e. The predicted molar refractivity (Wildman–Crippen MR) is 82.0 cm³/mol. The maximum atomic E-state index is 11.9. The molecule has 0 aliphatic heterocycles. The quantitative estimate of drug-likeness (QED) is 0.758. The van der Waals surface area contributed by atoms with Gasteiger partial charge in [-0.3, -0.25) is 9.59 Å². The monoisotopic (exact) mass is 390 g/mol. The second-order valence-electron chi connectivity index (χ2n) is 4.33. The molecule has 2 N–H and O–H groups in total. The number of halogens is 2. The molecule has 19 heavy (non-hydrogen) atoms. The fourth-order valence-electron chi connectivity index (χ4n) is 1.33. The predicted octanol–water partition coefficient (Wildman–Crippen LogP) is 2.71. The summed E-state index contributed by atoms with van der Waals surface area (Å²) >= 11 is 6.65. The lowest BCUT2D eigenvalue weighted by Gasteiger charge is -2.09. The van der Waals surface area contributed by atoms with Gasteiger partial charge in [-0.15, -0.1) is 0 Å². The van der Waals surface area contributed by atoms with E-state index in [0.29, 0.717) is 18.7 Å². The van der Waals surface area contributed by atoms with Gasteiger partial charge in [0.1, 0.15) is 0 Å². The number of amides is 2. The van der Waals surface area contributed by atoms with E-state index in [1.54, 1.807) is 12.1 Å². The van der Waals surface area contributed by atoms with Gasteiger partial charge in [0.2, 0.25) is 5.91 Å². The highest BCUT2D eigenvalue weighted by Crippen LogP contribution is 2.21. The Morgan fingerprint density at radius 3 is 2.42 bits per heavy atom. The highest BCUT2D eigenvalue weighted by Gasteiger charge is 2.10. The molecule has 0 aliphatic carbocycles. The first kappa shape index (κ1) is 16.2. The van der Waals surface area contributed by atoms with Crippen molar-refractivity contribution in [1.29, 1.82) is 0 Å². The van der Waals surface area contributed by atoms with Gasteiger partial charge >= 0.3 is 0 Å². The van der Waals surface area contributed by atoms with Crippen LogP contribution in [-0.4, -0.2) is 24.9 Å². The third kappa shape index (κ3) is 5.32. The Balaban J connectivity index is 2.44. The number of hydrogen-bond acceptors (Lipinski definition) is 2. The number of rotatable bonds is 5. The zero-order valence-corrected chi connectivity index (χ0v) is 14.0. The van der Waals surface area contributed by atoms with E-state index in [2.05, 4.69) is 42.5 Å². The van der Waals surface area contributed by atoms with Crippen LogP contribution in [-0.2, 0) is 4.79 Å². The van der Waals surface area contributed by atoms with Gasteiger partial charge in [0, 0.05) is 28.0 Å². The topological polar surface area (TPSA) is 58.2 Å². The molecule has 0 saturated heterocycles. The molecule has 0 bridgehead atoms. The number of hydrogen-bond donors (Lipinski definition) is 2. The fraction of sp³-hybridized carbons (Fsp3) is 0.385. The van der Waals surface area contributed by atoms with Gasteiger partial charge in [0.25, 0.3) is 5.91 Å². The Morgan fingerprint density at radius 2 is 1.79 bits per heavy atom. The van der Waals surface area contributed by atoms with E-state index < -0.39 is 0 Å². The highest BCUT2D eigenvalue weighted by molar-refractivity contribution is 9.11. The molecule has 0 aliphatic rings. The van der Waals surface area contributed by atoms with Gasteiger partial charge in [0.05, 0.1) is 5.56 Å². The van der Waals surface area contributed by atoms with Crippen LogP contribution in [0.3, 0.4) is 0 Å². The molecule has 0 heterocycles. The third-order valence-corrected chi connectivity index (χ3v) is 3.59. The smallest absolute Gasteiger partial charge is 0.252 e. The summed E-state index contributed by atoms with van der Waals surface area (Å²) in [4.78, 5) is 23.2. The molecule has 6 heteroatoms. The number of benzene rings is 1. The van der Waals surface area contributed by atoms with Crippen molar-refractivity contribution in [1.82, 2.24) is 10.6 Å². The van der Waals surface area contributed by atoms with Crippen molar-refractivity contribution in [3.8, 4) is 0 Å². The fourth-order valence-corrected chi connectivity index (χ4v) is 2.12. The Morgan fingerprint density at radius 1 is 1.16 bits per heavy atom. The van der Waals surface area contributed by atoms with Crippen LogP contribution in [0.2, 0.25) is 0 Å². The standard InChI is InChI=1S/C13H16Br2N2O2/c1-8(2)12(18)16-5-6-17-13(19)10-7-9(14)3-4-11(10)15/h3-4,7-8H,5-6H2,1-2H3,(H,16,18)(H,17,19). The highest BCUT2D eigenvalue weighted by atomic mass is 79.9. The minimum atomic E-state index is -0.174. The molecule has 0 atom stereocenters. The third-order valence-electron chi connectivity index (χ3n) is 2.41. The molecule has 0 spiro atoms. The number of carbonyl (C=O) groups is 2. The van der Waals surface area contributed by atoms with Gasteiger partial charge in [-0.25, -0.2) is 0 Å². The van der Waals surface area contributed by atoms with Crippen LogP contribution in [0, 0.1) is 5.92 Å². The van der Waals surface area contributed by atoms with Crippen LogP contribution < -0.4 is 10.6 Å². The van der Waals surface area contributed by atoms with Crippen LogP contribution in [0.1, 0.15) is 24.2 Å². The summed E-state index contributed by atoms with van der Waals surface area (Å²) < 4.78 is 1.58. The lowest BCUT2D eigenvalue weighted by atomic mass is 10.2. The summed E-state index contributed by atoms with van der Waals surface area (Å²) in [6.07, 6.45) is 0. The minimum absolute atomic E-state index is 0.0158. The number of nitrogens with one attached hydrogen (secondary N) is 2. The summed E-state index contributed by atoms with van der Waals surface area (Å²) in [6, 6.07) is 5.40. The Bertz CT molecular complexity index is 476. The molecule has 4 nitrogen and oxygen atoms in total. The van der Waals surface area contributed by atoms with Crippen molar-refractivity contribution < 1.29 is 9.59 Å². The molecule has 1 rings (SSSR count). The van der Waals surface area contributed by atoms with Gasteiger partial charge in [-0.2, -0.15) is 0 Å². The summed E-state index contributed by atoms with van der Waals surface area (Å²) in [5, 5.41) is 5.50. The maximum absolute atomic E-state index is 11.9. The zero-order valence-electron chi connectivity index (χ0n) is 10.8. The minimum Gasteiger partial charge on any atom is -0.354 e. The second-order valence-corrected chi connectivity index (χ2v) is 6.10. The van der Waals surface area contributed by atoms with Crippen molar-refractivity contribution in [2.24, 2.45) is 5.92 Å². The van der Waals surface area contributed by atoms with Crippen molar-refractivity contribution in [3.05, 3.63) is 32.7 Å². The van der Waals surface area contributed by atoms with Crippen LogP contribution >= 0.6 is 31.9 Å². The lowest BCUT2D eigenvalue weighted by molar-refractivity contribution is -0.123. The van der Waals surface area contributed by atoms with Crippen LogP contribution in [0.25, 0.3) is 0 Å². The Labute approximate surface area is 129 Å². The van der Waals surface area contributed by atoms with Gasteiger partial charge < -0.3 is 10.6 Å². The molecular weight excluding hydrogens is 376 g/mol. The van der Waals surface area contributed by atoms with Crippen LogP contribution in [0.5, 0.6) is 0 Å². The van der Waals surface area contributed by atoms with Crippen LogP contribution in [0.4, 0.5) is 0 Å². The lowest BCUT2D eigenvalue weighted by Crippen LogP contribution is -2.36. The number of carbonyl (C=O) groups excluding carboxylic acids is 2. The molecule has 0 aromatic heterocycles. The van der Waals surface area contributed by atoms with E-state index in [4.69, 9.17) is 0 Å².